The van der Waals surface area contributed by atoms with E-state index < -0.39 is 0 Å². The lowest BCUT2D eigenvalue weighted by Gasteiger charge is -2.23. The van der Waals surface area contributed by atoms with Crippen LogP contribution in [0.5, 0.6) is 0 Å². The summed E-state index contributed by atoms with van der Waals surface area (Å²) in [5.41, 5.74) is 1.58. The maximum Gasteiger partial charge on any atom is 0.255 e. The third-order valence-corrected chi connectivity index (χ3v) is 4.08. The van der Waals surface area contributed by atoms with E-state index in [-0.39, 0.29) is 17.7 Å². The van der Waals surface area contributed by atoms with Crippen molar-refractivity contribution in [2.24, 2.45) is 5.92 Å². The Hall–Kier alpha value is -2.70. The Kier molecular flexibility index (Phi) is 4.36. The molecule has 2 amide bonds. The van der Waals surface area contributed by atoms with Crippen LogP contribution in [0.1, 0.15) is 22.5 Å². The van der Waals surface area contributed by atoms with Gasteiger partial charge in [0, 0.05) is 44.4 Å². The van der Waals surface area contributed by atoms with Crippen LogP contribution < -0.4 is 5.32 Å². The van der Waals surface area contributed by atoms with Gasteiger partial charge in [-0.1, -0.05) is 0 Å². The van der Waals surface area contributed by atoms with Gasteiger partial charge in [-0.25, -0.2) is 0 Å². The minimum absolute atomic E-state index is 0.0106. The highest BCUT2D eigenvalue weighted by atomic mass is 16.2. The Balaban J connectivity index is 1.84. The average Bonchev–Trinajstić information content (AvgIpc) is 2.93. The highest BCUT2D eigenvalue weighted by molar-refractivity contribution is 5.93. The molecule has 23 heavy (non-hydrogen) atoms. The van der Waals surface area contributed by atoms with Crippen LogP contribution in [-0.4, -0.2) is 45.1 Å². The number of amides is 2. The summed E-state index contributed by atoms with van der Waals surface area (Å²) >= 11 is 0. The van der Waals surface area contributed by atoms with E-state index in [0.717, 1.165) is 12.2 Å². The van der Waals surface area contributed by atoms with Gasteiger partial charge in [-0.15, -0.1) is 0 Å². The fourth-order valence-corrected chi connectivity index (χ4v) is 2.93. The molecule has 2 aromatic heterocycles. The van der Waals surface area contributed by atoms with Crippen molar-refractivity contribution in [3.05, 3.63) is 48.0 Å². The van der Waals surface area contributed by atoms with Crippen LogP contribution in [0.25, 0.3) is 0 Å². The molecule has 120 valence electrons. The summed E-state index contributed by atoms with van der Waals surface area (Å²) in [5.74, 6) is -0.0256. The molecule has 0 aliphatic carbocycles. The molecule has 0 unspecified atom stereocenters. The molecular weight excluding hydrogens is 294 g/mol. The van der Waals surface area contributed by atoms with Gasteiger partial charge in [-0.2, -0.15) is 10.2 Å². The van der Waals surface area contributed by atoms with Gasteiger partial charge in [0.15, 0.2) is 0 Å². The lowest BCUT2D eigenvalue weighted by atomic mass is 10.0. The van der Waals surface area contributed by atoms with E-state index in [9.17, 15) is 9.59 Å². The van der Waals surface area contributed by atoms with E-state index in [1.165, 1.54) is 12.4 Å². The maximum absolute atomic E-state index is 12.7. The van der Waals surface area contributed by atoms with E-state index in [2.05, 4.69) is 20.1 Å². The number of nitrogens with one attached hydrogen (secondary N) is 1. The smallest absolute Gasteiger partial charge is 0.255 e. The Labute approximate surface area is 134 Å². The molecule has 1 N–H and O–H groups in total. The number of carbonyl (C=O) groups excluding carboxylic acids is 2. The molecule has 0 saturated heterocycles. The number of carbonyl (C=O) groups is 2. The van der Waals surface area contributed by atoms with E-state index in [4.69, 9.17) is 0 Å². The average molecular weight is 313 g/mol. The molecule has 0 spiro atoms. The van der Waals surface area contributed by atoms with Crippen LogP contribution in [0.15, 0.2) is 36.8 Å². The topological polar surface area (TPSA) is 80.1 Å². The number of fused-ring (bicyclic) bond motifs is 1. The van der Waals surface area contributed by atoms with Crippen LogP contribution in [-0.2, 0) is 17.9 Å². The molecule has 0 saturated carbocycles. The SMILES string of the molecule is CNC(=O)C[C@@H]1CN(C(=O)c2ccnnc2)Cc2cccn2C1. The third-order valence-electron chi connectivity index (χ3n) is 4.08. The molecule has 3 rings (SSSR count). The van der Waals surface area contributed by atoms with Crippen molar-refractivity contribution in [2.45, 2.75) is 19.5 Å². The zero-order valence-electron chi connectivity index (χ0n) is 13.0. The van der Waals surface area contributed by atoms with Crippen molar-refractivity contribution < 1.29 is 9.59 Å². The van der Waals surface area contributed by atoms with Crippen LogP contribution in [0, 0.1) is 5.92 Å². The lowest BCUT2D eigenvalue weighted by Crippen LogP contribution is -2.35. The first-order valence-electron chi connectivity index (χ1n) is 7.58. The number of aromatic nitrogens is 3. The second-order valence-corrected chi connectivity index (χ2v) is 5.71. The lowest BCUT2D eigenvalue weighted by molar-refractivity contribution is -0.121. The van der Waals surface area contributed by atoms with Gasteiger partial charge in [0.05, 0.1) is 24.5 Å². The molecule has 0 bridgehead atoms. The molecule has 2 aromatic rings. The van der Waals surface area contributed by atoms with Gasteiger partial charge < -0.3 is 14.8 Å². The van der Waals surface area contributed by atoms with Crippen molar-refractivity contribution in [2.75, 3.05) is 13.6 Å². The monoisotopic (exact) mass is 313 g/mol. The second kappa shape index (κ2) is 6.60. The van der Waals surface area contributed by atoms with Gasteiger partial charge >= 0.3 is 0 Å². The zero-order valence-corrected chi connectivity index (χ0v) is 13.0. The van der Waals surface area contributed by atoms with Crippen LogP contribution in [0.4, 0.5) is 0 Å². The minimum atomic E-state index is -0.0866. The van der Waals surface area contributed by atoms with E-state index >= 15 is 0 Å². The van der Waals surface area contributed by atoms with E-state index in [0.29, 0.717) is 25.1 Å². The molecule has 1 aliphatic heterocycles. The van der Waals surface area contributed by atoms with Gasteiger partial charge in [0.25, 0.3) is 5.91 Å². The highest BCUT2D eigenvalue weighted by Gasteiger charge is 2.26. The number of nitrogens with zero attached hydrogens (tertiary/aromatic N) is 4. The van der Waals surface area contributed by atoms with Crippen LogP contribution in [0.2, 0.25) is 0 Å². The van der Waals surface area contributed by atoms with E-state index in [1.807, 2.05) is 18.3 Å². The maximum atomic E-state index is 12.7. The molecule has 1 aliphatic rings. The summed E-state index contributed by atoms with van der Waals surface area (Å²) in [6.45, 7) is 1.79. The van der Waals surface area contributed by atoms with E-state index in [1.54, 1.807) is 18.0 Å². The number of rotatable bonds is 3. The molecule has 0 fully saturated rings. The van der Waals surface area contributed by atoms with Crippen LogP contribution in [0.3, 0.4) is 0 Å². The normalized spacial score (nSPS) is 17.3. The van der Waals surface area contributed by atoms with Crippen molar-refractivity contribution in [1.82, 2.24) is 25.0 Å². The van der Waals surface area contributed by atoms with Crippen molar-refractivity contribution in [3.8, 4) is 0 Å². The number of hydrogen-bond donors (Lipinski definition) is 1. The summed E-state index contributed by atoms with van der Waals surface area (Å²) in [4.78, 5) is 26.3. The standard InChI is InChI=1S/C16H19N5O2/c1-17-15(22)7-12-9-20-6-2-3-14(20)11-21(10-12)16(23)13-4-5-18-19-8-13/h2-6,8,12H,7,9-11H2,1H3,(H,17,22)/t12-/m0/s1. The van der Waals surface area contributed by atoms with Gasteiger partial charge in [0.2, 0.25) is 5.91 Å². The van der Waals surface area contributed by atoms with Gasteiger partial charge in [-0.3, -0.25) is 9.59 Å². The van der Waals surface area contributed by atoms with Gasteiger partial charge in [0.1, 0.15) is 0 Å². The minimum Gasteiger partial charge on any atom is -0.359 e. The van der Waals surface area contributed by atoms with Gasteiger partial charge in [-0.05, 0) is 18.2 Å². The summed E-state index contributed by atoms with van der Waals surface area (Å²) in [6, 6.07) is 5.63. The molecule has 7 nitrogen and oxygen atoms in total. The molecule has 1 atom stereocenters. The molecule has 0 aromatic carbocycles. The molecule has 0 radical (unpaired) electrons. The summed E-state index contributed by atoms with van der Waals surface area (Å²) in [5, 5.41) is 10.1. The Morgan fingerprint density at radius 2 is 2.17 bits per heavy atom. The molecule has 7 heteroatoms. The summed E-state index contributed by atoms with van der Waals surface area (Å²) in [7, 11) is 1.63. The second-order valence-electron chi connectivity index (χ2n) is 5.71. The Morgan fingerprint density at radius 1 is 1.30 bits per heavy atom. The van der Waals surface area contributed by atoms with Crippen LogP contribution >= 0.6 is 0 Å². The number of hydrogen-bond acceptors (Lipinski definition) is 4. The van der Waals surface area contributed by atoms with Crippen molar-refractivity contribution in [3.63, 3.8) is 0 Å². The summed E-state index contributed by atoms with van der Waals surface area (Å²) in [6.07, 6.45) is 5.37. The third kappa shape index (κ3) is 3.39. The zero-order chi connectivity index (χ0) is 16.2. The van der Waals surface area contributed by atoms with Crippen molar-refractivity contribution >= 4 is 11.8 Å². The Morgan fingerprint density at radius 3 is 2.91 bits per heavy atom. The van der Waals surface area contributed by atoms with Crippen molar-refractivity contribution in [1.29, 1.82) is 0 Å². The first-order valence-corrected chi connectivity index (χ1v) is 7.58. The quantitative estimate of drug-likeness (QED) is 0.904. The predicted molar refractivity (Wildman–Crippen MR) is 83.4 cm³/mol. The Bertz CT molecular complexity index is 698. The largest absolute Gasteiger partial charge is 0.359 e. The molecular formula is C16H19N5O2. The predicted octanol–water partition coefficient (Wildman–Crippen LogP) is 0.686. The highest BCUT2D eigenvalue weighted by Crippen LogP contribution is 2.21. The fourth-order valence-electron chi connectivity index (χ4n) is 2.93. The first-order chi connectivity index (χ1) is 11.2. The molecule has 3 heterocycles. The summed E-state index contributed by atoms with van der Waals surface area (Å²) < 4.78 is 2.12. The first kappa shape index (κ1) is 15.2. The fraction of sp³-hybridized carbons (Fsp3) is 0.375.